The van der Waals surface area contributed by atoms with E-state index in [1.54, 1.807) is 17.5 Å². The molecular formula is C29H39N3O2S. The second kappa shape index (κ2) is 12.2. The number of phenolic OH excluding ortho intramolecular Hbond substituents is 1. The van der Waals surface area contributed by atoms with Crippen LogP contribution in [0.4, 0.5) is 10.8 Å². The fourth-order valence-corrected chi connectivity index (χ4v) is 4.92. The van der Waals surface area contributed by atoms with Gasteiger partial charge in [0.1, 0.15) is 5.75 Å². The van der Waals surface area contributed by atoms with Crippen molar-refractivity contribution in [3.05, 3.63) is 70.2 Å². The van der Waals surface area contributed by atoms with Crippen molar-refractivity contribution in [2.75, 3.05) is 10.6 Å². The topological polar surface area (TPSA) is 74.2 Å². The fraction of sp³-hybridized carbons (Fsp3) is 0.448. The van der Waals surface area contributed by atoms with Crippen molar-refractivity contribution in [3.63, 3.8) is 0 Å². The number of nitrogens with zero attached hydrogens (tertiary/aromatic N) is 1. The molecule has 5 nitrogen and oxygen atoms in total. The van der Waals surface area contributed by atoms with E-state index in [1.807, 2.05) is 30.5 Å². The van der Waals surface area contributed by atoms with Crippen molar-refractivity contribution in [1.82, 2.24) is 4.98 Å². The number of carbonyl (C=O) groups is 1. The highest BCUT2D eigenvalue weighted by molar-refractivity contribution is 7.13. The van der Waals surface area contributed by atoms with Crippen LogP contribution in [0.25, 0.3) is 0 Å². The molecule has 0 aliphatic heterocycles. The lowest BCUT2D eigenvalue weighted by molar-refractivity contribution is -0.116. The summed E-state index contributed by atoms with van der Waals surface area (Å²) in [5.41, 5.74) is 4.64. The Morgan fingerprint density at radius 3 is 2.66 bits per heavy atom. The van der Waals surface area contributed by atoms with Crippen molar-refractivity contribution in [1.29, 1.82) is 0 Å². The number of unbranched alkanes of at least 4 members (excludes halogenated alkanes) is 2. The molecule has 1 unspecified atom stereocenters. The number of hydrogen-bond donors (Lipinski definition) is 3. The van der Waals surface area contributed by atoms with Crippen LogP contribution >= 0.6 is 11.3 Å². The smallest absolute Gasteiger partial charge is 0.224 e. The Morgan fingerprint density at radius 1 is 1.17 bits per heavy atom. The number of anilines is 2. The maximum absolute atomic E-state index is 13.3. The molecule has 0 fully saturated rings. The van der Waals surface area contributed by atoms with Gasteiger partial charge in [0.15, 0.2) is 5.13 Å². The van der Waals surface area contributed by atoms with Crippen LogP contribution in [0.1, 0.15) is 88.0 Å². The summed E-state index contributed by atoms with van der Waals surface area (Å²) in [4.78, 5) is 17.6. The van der Waals surface area contributed by atoms with Crippen molar-refractivity contribution in [2.24, 2.45) is 0 Å². The minimum Gasteiger partial charge on any atom is -0.507 e. The summed E-state index contributed by atoms with van der Waals surface area (Å²) in [6, 6.07) is 12.1. The predicted molar refractivity (Wildman–Crippen MR) is 148 cm³/mol. The van der Waals surface area contributed by atoms with Gasteiger partial charge in [0.2, 0.25) is 5.91 Å². The number of amides is 1. The molecule has 0 bridgehead atoms. The normalized spacial score (nSPS) is 12.4. The van der Waals surface area contributed by atoms with Crippen LogP contribution in [-0.4, -0.2) is 16.0 Å². The second-order valence-electron chi connectivity index (χ2n) is 10.3. The monoisotopic (exact) mass is 493 g/mol. The molecule has 35 heavy (non-hydrogen) atoms. The minimum atomic E-state index is -0.112. The number of aryl methyl sites for hydroxylation is 1. The number of nitrogens with one attached hydrogen (secondary N) is 2. The van der Waals surface area contributed by atoms with Crippen LogP contribution in [0.2, 0.25) is 0 Å². The molecule has 0 radical (unpaired) electrons. The van der Waals surface area contributed by atoms with Crippen LogP contribution < -0.4 is 10.6 Å². The SMILES string of the molecule is CCCCCC(CC(=O)Nc1cc(CNc2nccs2)ccc1C(C)(C)C)c1cccc(C)c1O. The average Bonchev–Trinajstić information content (AvgIpc) is 3.32. The first-order chi connectivity index (χ1) is 16.7. The number of aromatic nitrogens is 1. The van der Waals surface area contributed by atoms with Crippen LogP contribution in [-0.2, 0) is 16.8 Å². The number of para-hydroxylation sites is 1. The van der Waals surface area contributed by atoms with Crippen molar-refractivity contribution in [3.8, 4) is 5.75 Å². The highest BCUT2D eigenvalue weighted by Crippen LogP contribution is 2.36. The number of hydrogen-bond acceptors (Lipinski definition) is 5. The molecule has 1 heterocycles. The first-order valence-corrected chi connectivity index (χ1v) is 13.4. The summed E-state index contributed by atoms with van der Waals surface area (Å²) in [5, 5.41) is 20.1. The van der Waals surface area contributed by atoms with Gasteiger partial charge in [0.25, 0.3) is 0 Å². The molecule has 1 amide bonds. The molecule has 3 aromatic rings. The van der Waals surface area contributed by atoms with E-state index in [0.29, 0.717) is 18.7 Å². The van der Waals surface area contributed by atoms with Gasteiger partial charge in [-0.2, -0.15) is 0 Å². The summed E-state index contributed by atoms with van der Waals surface area (Å²) in [5.74, 6) is 0.268. The van der Waals surface area contributed by atoms with E-state index in [4.69, 9.17) is 0 Å². The molecular weight excluding hydrogens is 454 g/mol. The van der Waals surface area contributed by atoms with Gasteiger partial charge in [-0.15, -0.1) is 11.3 Å². The first kappa shape index (κ1) is 26.7. The van der Waals surface area contributed by atoms with Crippen LogP contribution in [0.15, 0.2) is 48.0 Å². The van der Waals surface area contributed by atoms with Crippen molar-refractivity contribution in [2.45, 2.75) is 84.6 Å². The maximum atomic E-state index is 13.3. The van der Waals surface area contributed by atoms with E-state index in [2.05, 4.69) is 61.5 Å². The molecule has 0 saturated heterocycles. The van der Waals surface area contributed by atoms with Crippen LogP contribution in [0.5, 0.6) is 5.75 Å². The summed E-state index contributed by atoms with van der Waals surface area (Å²) in [6.45, 7) is 11.2. The third-order valence-corrected chi connectivity index (χ3v) is 7.07. The fourth-order valence-electron chi connectivity index (χ4n) is 4.39. The molecule has 3 N–H and O–H groups in total. The zero-order valence-corrected chi connectivity index (χ0v) is 22.5. The van der Waals surface area contributed by atoms with E-state index in [0.717, 1.165) is 58.8 Å². The largest absolute Gasteiger partial charge is 0.507 e. The van der Waals surface area contributed by atoms with Gasteiger partial charge in [0, 0.05) is 30.2 Å². The Balaban J connectivity index is 1.80. The Morgan fingerprint density at radius 2 is 1.97 bits per heavy atom. The highest BCUT2D eigenvalue weighted by Gasteiger charge is 2.23. The third-order valence-electron chi connectivity index (χ3n) is 6.34. The van der Waals surface area contributed by atoms with Crippen LogP contribution in [0.3, 0.4) is 0 Å². The van der Waals surface area contributed by atoms with Crippen molar-refractivity contribution < 1.29 is 9.90 Å². The van der Waals surface area contributed by atoms with E-state index in [-0.39, 0.29) is 17.2 Å². The molecule has 0 spiro atoms. The number of benzene rings is 2. The van der Waals surface area contributed by atoms with Crippen molar-refractivity contribution >= 4 is 28.1 Å². The Bertz CT molecular complexity index is 1100. The summed E-state index contributed by atoms with van der Waals surface area (Å²) in [7, 11) is 0. The third kappa shape index (κ3) is 7.56. The van der Waals surface area contributed by atoms with E-state index in [1.165, 1.54) is 0 Å². The van der Waals surface area contributed by atoms with Crippen LogP contribution in [0, 0.1) is 6.92 Å². The number of carbonyl (C=O) groups excluding carboxylic acids is 1. The van der Waals surface area contributed by atoms with Gasteiger partial charge in [-0.25, -0.2) is 4.98 Å². The molecule has 2 aromatic carbocycles. The zero-order chi connectivity index (χ0) is 25.4. The minimum absolute atomic E-state index is 0.0192. The summed E-state index contributed by atoms with van der Waals surface area (Å²) < 4.78 is 0. The number of rotatable bonds is 11. The van der Waals surface area contributed by atoms with Gasteiger partial charge in [-0.05, 0) is 53.0 Å². The second-order valence-corrected chi connectivity index (χ2v) is 11.2. The maximum Gasteiger partial charge on any atom is 0.224 e. The van der Waals surface area contributed by atoms with Gasteiger partial charge in [-0.1, -0.05) is 77.3 Å². The molecule has 6 heteroatoms. The van der Waals surface area contributed by atoms with E-state index >= 15 is 0 Å². The number of thiazole rings is 1. The average molecular weight is 494 g/mol. The molecule has 1 atom stereocenters. The Kier molecular flexibility index (Phi) is 9.33. The quantitative estimate of drug-likeness (QED) is 0.239. The predicted octanol–water partition coefficient (Wildman–Crippen LogP) is 7.76. The lowest BCUT2D eigenvalue weighted by atomic mass is 9.84. The van der Waals surface area contributed by atoms with E-state index < -0.39 is 0 Å². The lowest BCUT2D eigenvalue weighted by Gasteiger charge is -2.25. The zero-order valence-electron chi connectivity index (χ0n) is 21.6. The Labute approximate surface area is 214 Å². The molecule has 1 aromatic heterocycles. The van der Waals surface area contributed by atoms with E-state index in [9.17, 15) is 9.90 Å². The summed E-state index contributed by atoms with van der Waals surface area (Å²) >= 11 is 1.57. The van der Waals surface area contributed by atoms with Gasteiger partial charge < -0.3 is 15.7 Å². The van der Waals surface area contributed by atoms with Gasteiger partial charge in [0.05, 0.1) is 0 Å². The Hall–Kier alpha value is -2.86. The standard InChI is InChI=1S/C29H39N3O2S/c1-6-7-8-11-22(23-12-9-10-20(2)27(23)34)18-26(33)32-25-17-21(13-14-24(25)29(3,4)5)19-31-28-30-15-16-35-28/h9-10,12-17,22,34H,6-8,11,18-19H2,1-5H3,(H,30,31)(H,32,33). The lowest BCUT2D eigenvalue weighted by Crippen LogP contribution is -2.21. The molecule has 188 valence electrons. The molecule has 0 saturated carbocycles. The summed E-state index contributed by atoms with van der Waals surface area (Å²) in [6.07, 6.45) is 6.27. The molecule has 3 rings (SSSR count). The van der Waals surface area contributed by atoms with Gasteiger partial charge >= 0.3 is 0 Å². The highest BCUT2D eigenvalue weighted by atomic mass is 32.1. The molecule has 0 aliphatic carbocycles. The number of aromatic hydroxyl groups is 1. The first-order valence-electron chi connectivity index (χ1n) is 12.5. The van der Waals surface area contributed by atoms with Gasteiger partial charge in [-0.3, -0.25) is 4.79 Å². The molecule has 0 aliphatic rings. The number of phenols is 1.